The first-order chi connectivity index (χ1) is 7.80. The number of benzene rings is 1. The normalized spacial score (nSPS) is 10.8. The van der Waals surface area contributed by atoms with Gasteiger partial charge in [-0.2, -0.15) is 0 Å². The van der Waals surface area contributed by atoms with Crippen LogP contribution in [0.25, 0.3) is 0 Å². The predicted molar refractivity (Wildman–Crippen MR) is 67.3 cm³/mol. The summed E-state index contributed by atoms with van der Waals surface area (Å²) in [5.74, 6) is 0.580. The smallest absolute Gasteiger partial charge is 0.412 e. The van der Waals surface area contributed by atoms with E-state index in [-0.39, 0.29) is 0 Å². The molecular formula is C12H18N2O3. The quantitative estimate of drug-likeness (QED) is 0.777. The third-order valence-corrected chi connectivity index (χ3v) is 1.81. The third kappa shape index (κ3) is 4.63. The van der Waals surface area contributed by atoms with Gasteiger partial charge in [-0.05, 0) is 26.8 Å². The third-order valence-electron chi connectivity index (χ3n) is 1.81. The van der Waals surface area contributed by atoms with Crippen LogP contribution in [0.4, 0.5) is 16.2 Å². The van der Waals surface area contributed by atoms with Gasteiger partial charge in [-0.3, -0.25) is 5.32 Å². The molecule has 0 aliphatic heterocycles. The maximum atomic E-state index is 11.5. The van der Waals surface area contributed by atoms with Crippen LogP contribution in [0.15, 0.2) is 18.2 Å². The zero-order valence-electron chi connectivity index (χ0n) is 10.5. The van der Waals surface area contributed by atoms with E-state index in [2.05, 4.69) is 5.32 Å². The van der Waals surface area contributed by atoms with E-state index in [1.807, 2.05) is 0 Å². The molecule has 0 unspecified atom stereocenters. The number of methoxy groups -OCH3 is 1. The Kier molecular flexibility index (Phi) is 3.83. The number of nitrogen functional groups attached to an aromatic ring is 1. The molecule has 5 nitrogen and oxygen atoms in total. The summed E-state index contributed by atoms with van der Waals surface area (Å²) in [5, 5.41) is 2.59. The van der Waals surface area contributed by atoms with E-state index < -0.39 is 11.7 Å². The average molecular weight is 238 g/mol. The molecule has 3 N–H and O–H groups in total. The lowest BCUT2D eigenvalue weighted by atomic mass is 10.2. The number of anilines is 2. The minimum absolute atomic E-state index is 0.510. The maximum absolute atomic E-state index is 11.5. The monoisotopic (exact) mass is 238 g/mol. The molecule has 0 fully saturated rings. The number of rotatable bonds is 2. The maximum Gasteiger partial charge on any atom is 0.412 e. The Labute approximate surface area is 101 Å². The van der Waals surface area contributed by atoms with Crippen LogP contribution in [0.5, 0.6) is 5.75 Å². The fraction of sp³-hybridized carbons (Fsp3) is 0.417. The van der Waals surface area contributed by atoms with Gasteiger partial charge in [0.05, 0.1) is 7.11 Å². The van der Waals surface area contributed by atoms with Gasteiger partial charge < -0.3 is 15.2 Å². The van der Waals surface area contributed by atoms with Gasteiger partial charge in [-0.15, -0.1) is 0 Å². The minimum atomic E-state index is -0.533. The highest BCUT2D eigenvalue weighted by Gasteiger charge is 2.16. The number of amides is 1. The topological polar surface area (TPSA) is 73.6 Å². The van der Waals surface area contributed by atoms with E-state index in [1.165, 1.54) is 7.11 Å². The van der Waals surface area contributed by atoms with Crippen molar-refractivity contribution in [2.45, 2.75) is 26.4 Å². The fourth-order valence-electron chi connectivity index (χ4n) is 1.23. The van der Waals surface area contributed by atoms with Crippen LogP contribution in [0, 0.1) is 0 Å². The van der Waals surface area contributed by atoms with Crippen molar-refractivity contribution in [3.8, 4) is 5.75 Å². The van der Waals surface area contributed by atoms with Crippen molar-refractivity contribution in [1.29, 1.82) is 0 Å². The first kappa shape index (κ1) is 13.2. The number of carbonyl (C=O) groups is 1. The van der Waals surface area contributed by atoms with Crippen molar-refractivity contribution in [3.63, 3.8) is 0 Å². The molecule has 5 heteroatoms. The zero-order valence-corrected chi connectivity index (χ0v) is 10.5. The number of hydrogen-bond acceptors (Lipinski definition) is 4. The van der Waals surface area contributed by atoms with Crippen LogP contribution < -0.4 is 15.8 Å². The van der Waals surface area contributed by atoms with Gasteiger partial charge in [0.1, 0.15) is 11.4 Å². The van der Waals surface area contributed by atoms with E-state index in [4.69, 9.17) is 15.2 Å². The number of hydrogen-bond donors (Lipinski definition) is 2. The molecule has 1 aromatic rings. The Morgan fingerprint density at radius 1 is 1.29 bits per heavy atom. The summed E-state index contributed by atoms with van der Waals surface area (Å²) in [4.78, 5) is 11.5. The summed E-state index contributed by atoms with van der Waals surface area (Å²) in [6.45, 7) is 5.39. The van der Waals surface area contributed by atoms with Gasteiger partial charge in [0.2, 0.25) is 0 Å². The van der Waals surface area contributed by atoms with E-state index in [1.54, 1.807) is 39.0 Å². The first-order valence-electron chi connectivity index (χ1n) is 5.25. The molecule has 0 saturated heterocycles. The van der Waals surface area contributed by atoms with E-state index in [0.717, 1.165) is 0 Å². The van der Waals surface area contributed by atoms with E-state index in [9.17, 15) is 4.79 Å². The van der Waals surface area contributed by atoms with E-state index in [0.29, 0.717) is 17.1 Å². The van der Waals surface area contributed by atoms with Crippen LogP contribution in [0.2, 0.25) is 0 Å². The van der Waals surface area contributed by atoms with E-state index >= 15 is 0 Å². The molecule has 17 heavy (non-hydrogen) atoms. The molecule has 0 radical (unpaired) electrons. The Morgan fingerprint density at radius 2 is 1.94 bits per heavy atom. The zero-order chi connectivity index (χ0) is 13.1. The molecule has 0 heterocycles. The molecule has 1 aromatic carbocycles. The summed E-state index contributed by atoms with van der Waals surface area (Å²) in [7, 11) is 1.53. The summed E-state index contributed by atoms with van der Waals surface area (Å²) < 4.78 is 10.2. The van der Waals surface area contributed by atoms with Crippen molar-refractivity contribution >= 4 is 17.5 Å². The molecule has 0 aromatic heterocycles. The highest BCUT2D eigenvalue weighted by molar-refractivity contribution is 5.86. The van der Waals surface area contributed by atoms with Crippen LogP contribution in [0.1, 0.15) is 20.8 Å². The molecule has 94 valence electrons. The van der Waals surface area contributed by atoms with Gasteiger partial charge >= 0.3 is 6.09 Å². The SMILES string of the molecule is COc1cc(N)cc(NC(=O)OC(C)(C)C)c1. The largest absolute Gasteiger partial charge is 0.497 e. The van der Waals surface area contributed by atoms with Crippen molar-refractivity contribution in [2.75, 3.05) is 18.2 Å². The molecule has 0 atom stereocenters. The lowest BCUT2D eigenvalue weighted by Crippen LogP contribution is -2.27. The van der Waals surface area contributed by atoms with Gasteiger partial charge in [0, 0.05) is 23.5 Å². The standard InChI is InChI=1S/C12H18N2O3/c1-12(2,3)17-11(15)14-9-5-8(13)6-10(7-9)16-4/h5-7H,13H2,1-4H3,(H,14,15). The van der Waals surface area contributed by atoms with Gasteiger partial charge in [0.25, 0.3) is 0 Å². The highest BCUT2D eigenvalue weighted by Crippen LogP contribution is 2.22. The van der Waals surface area contributed by atoms with Gasteiger partial charge in [-0.25, -0.2) is 4.79 Å². The molecular weight excluding hydrogens is 220 g/mol. The van der Waals surface area contributed by atoms with Crippen LogP contribution in [-0.2, 0) is 4.74 Å². The molecule has 1 amide bonds. The number of nitrogens with one attached hydrogen (secondary N) is 1. The van der Waals surface area contributed by atoms with Crippen LogP contribution in [-0.4, -0.2) is 18.8 Å². The highest BCUT2D eigenvalue weighted by atomic mass is 16.6. The van der Waals surface area contributed by atoms with Crippen molar-refractivity contribution in [1.82, 2.24) is 0 Å². The molecule has 0 spiro atoms. The Morgan fingerprint density at radius 3 is 2.47 bits per heavy atom. The second-order valence-corrected chi connectivity index (χ2v) is 4.62. The summed E-state index contributed by atoms with van der Waals surface area (Å²) >= 11 is 0. The molecule has 0 saturated carbocycles. The van der Waals surface area contributed by atoms with Crippen molar-refractivity contribution < 1.29 is 14.3 Å². The number of ether oxygens (including phenoxy) is 2. The molecule has 0 aliphatic rings. The fourth-order valence-corrected chi connectivity index (χ4v) is 1.23. The number of nitrogens with two attached hydrogens (primary N) is 1. The average Bonchev–Trinajstić information content (AvgIpc) is 2.13. The van der Waals surface area contributed by atoms with Crippen LogP contribution >= 0.6 is 0 Å². The second kappa shape index (κ2) is 4.95. The van der Waals surface area contributed by atoms with Crippen molar-refractivity contribution in [3.05, 3.63) is 18.2 Å². The molecule has 0 bridgehead atoms. The van der Waals surface area contributed by atoms with Gasteiger partial charge in [-0.1, -0.05) is 0 Å². The van der Waals surface area contributed by atoms with Crippen molar-refractivity contribution in [2.24, 2.45) is 0 Å². The molecule has 0 aliphatic carbocycles. The van der Waals surface area contributed by atoms with Gasteiger partial charge in [0.15, 0.2) is 0 Å². The van der Waals surface area contributed by atoms with Crippen LogP contribution in [0.3, 0.4) is 0 Å². The Balaban J connectivity index is 2.74. The lowest BCUT2D eigenvalue weighted by Gasteiger charge is -2.19. The summed E-state index contributed by atoms with van der Waals surface area (Å²) in [6.07, 6.45) is -0.523. The first-order valence-corrected chi connectivity index (χ1v) is 5.25. The summed E-state index contributed by atoms with van der Waals surface area (Å²) in [5.41, 5.74) is 6.18. The lowest BCUT2D eigenvalue weighted by molar-refractivity contribution is 0.0636. The minimum Gasteiger partial charge on any atom is -0.497 e. The predicted octanol–water partition coefficient (Wildman–Crippen LogP) is 2.62. The number of carbonyl (C=O) groups excluding carboxylic acids is 1. The molecule has 1 rings (SSSR count). The second-order valence-electron chi connectivity index (χ2n) is 4.62. The Bertz CT molecular complexity index is 411. The summed E-state index contributed by atoms with van der Waals surface area (Å²) in [6, 6.07) is 4.97. The Hall–Kier alpha value is -1.91.